The third-order valence-corrected chi connectivity index (χ3v) is 3.16. The van der Waals surface area contributed by atoms with E-state index in [9.17, 15) is 0 Å². The van der Waals surface area contributed by atoms with Gasteiger partial charge in [-0.25, -0.2) is 0 Å². The average molecular weight is 261 g/mol. The minimum atomic E-state index is 0.947. The number of rotatable bonds is 0. The lowest BCUT2D eigenvalue weighted by atomic mass is 10.1. The Hall–Kier alpha value is -1.28. The lowest BCUT2D eigenvalue weighted by Crippen LogP contribution is -1.73. The van der Waals surface area contributed by atoms with Crippen molar-refractivity contribution < 1.29 is 4.42 Å². The van der Waals surface area contributed by atoms with Gasteiger partial charge in [-0.15, -0.1) is 0 Å². The van der Waals surface area contributed by atoms with Crippen LogP contribution in [-0.2, 0) is 0 Å². The number of halogens is 1. The highest BCUT2D eigenvalue weighted by atomic mass is 79.9. The predicted octanol–water partition coefficient (Wildman–Crippen LogP) is 4.66. The van der Waals surface area contributed by atoms with E-state index in [1.807, 2.05) is 24.3 Å². The predicted molar refractivity (Wildman–Crippen MR) is 66.2 cm³/mol. The first-order valence-corrected chi connectivity index (χ1v) is 5.62. The Morgan fingerprint density at radius 3 is 2.80 bits per heavy atom. The van der Waals surface area contributed by atoms with E-state index in [4.69, 9.17) is 4.42 Å². The van der Waals surface area contributed by atoms with Gasteiger partial charge in [0.25, 0.3) is 0 Å². The number of fused-ring (bicyclic) bond motifs is 3. The number of hydrogen-bond acceptors (Lipinski definition) is 1. The van der Waals surface area contributed by atoms with E-state index in [0.29, 0.717) is 0 Å². The Morgan fingerprint density at radius 1 is 1.07 bits per heavy atom. The van der Waals surface area contributed by atoms with Gasteiger partial charge in [0.1, 0.15) is 11.2 Å². The van der Waals surface area contributed by atoms with Crippen LogP contribution in [0.5, 0.6) is 0 Å². The molecule has 0 fully saturated rings. The largest absolute Gasteiger partial charge is 0.456 e. The Morgan fingerprint density at radius 2 is 1.93 bits per heavy atom. The number of furan rings is 1. The lowest BCUT2D eigenvalue weighted by molar-refractivity contribution is 0.669. The molecule has 3 aromatic rings. The highest BCUT2D eigenvalue weighted by molar-refractivity contribution is 9.10. The van der Waals surface area contributed by atoms with Gasteiger partial charge in [-0.1, -0.05) is 28.1 Å². The molecule has 0 aliphatic carbocycles. The van der Waals surface area contributed by atoms with Crippen molar-refractivity contribution in [3.05, 3.63) is 46.4 Å². The van der Waals surface area contributed by atoms with Crippen molar-refractivity contribution in [3.63, 3.8) is 0 Å². The van der Waals surface area contributed by atoms with Gasteiger partial charge in [0, 0.05) is 15.2 Å². The van der Waals surface area contributed by atoms with Gasteiger partial charge >= 0.3 is 0 Å². The first-order valence-electron chi connectivity index (χ1n) is 4.83. The smallest absolute Gasteiger partial charge is 0.135 e. The molecule has 0 aliphatic rings. The van der Waals surface area contributed by atoms with E-state index in [0.717, 1.165) is 15.6 Å². The van der Waals surface area contributed by atoms with Crippen LogP contribution in [0.3, 0.4) is 0 Å². The molecule has 0 aliphatic heterocycles. The molecule has 2 heteroatoms. The van der Waals surface area contributed by atoms with E-state index in [2.05, 4.69) is 35.0 Å². The summed E-state index contributed by atoms with van der Waals surface area (Å²) in [6.45, 7) is 2.11. The maximum absolute atomic E-state index is 5.77. The maximum Gasteiger partial charge on any atom is 0.135 e. The standard InChI is InChI=1S/C13H9BrO/c1-8-3-2-4-12-13(8)10-7-9(14)5-6-11(10)15-12/h2-7H,1H3. The molecule has 0 N–H and O–H groups in total. The molecule has 0 spiro atoms. The molecule has 1 nitrogen and oxygen atoms in total. The van der Waals surface area contributed by atoms with E-state index in [1.165, 1.54) is 16.3 Å². The van der Waals surface area contributed by atoms with Gasteiger partial charge in [-0.3, -0.25) is 0 Å². The first-order chi connectivity index (χ1) is 7.25. The van der Waals surface area contributed by atoms with Gasteiger partial charge < -0.3 is 4.42 Å². The normalized spacial score (nSPS) is 11.3. The zero-order valence-electron chi connectivity index (χ0n) is 8.25. The fourth-order valence-electron chi connectivity index (χ4n) is 1.98. The summed E-state index contributed by atoms with van der Waals surface area (Å²) in [5.74, 6) is 0. The molecule has 0 amide bonds. The molecule has 3 rings (SSSR count). The van der Waals surface area contributed by atoms with Gasteiger partial charge in [0.05, 0.1) is 0 Å². The Balaban J connectivity index is 2.61. The summed E-state index contributed by atoms with van der Waals surface area (Å²) < 4.78 is 6.85. The van der Waals surface area contributed by atoms with Crippen molar-refractivity contribution in [1.29, 1.82) is 0 Å². The lowest BCUT2D eigenvalue weighted by Gasteiger charge is -1.94. The molecule has 1 heterocycles. The van der Waals surface area contributed by atoms with E-state index in [1.54, 1.807) is 0 Å². The summed E-state index contributed by atoms with van der Waals surface area (Å²) in [6.07, 6.45) is 0. The molecule has 0 saturated carbocycles. The number of aryl methyl sites for hydroxylation is 1. The van der Waals surface area contributed by atoms with Crippen molar-refractivity contribution in [2.75, 3.05) is 0 Å². The monoisotopic (exact) mass is 260 g/mol. The SMILES string of the molecule is Cc1cccc2oc3ccc(Br)cc3c12. The minimum Gasteiger partial charge on any atom is -0.456 e. The van der Waals surface area contributed by atoms with Crippen LogP contribution in [0.2, 0.25) is 0 Å². The molecule has 0 bridgehead atoms. The van der Waals surface area contributed by atoms with Crippen LogP contribution in [-0.4, -0.2) is 0 Å². The van der Waals surface area contributed by atoms with Crippen LogP contribution in [0, 0.1) is 6.92 Å². The average Bonchev–Trinajstić information content (AvgIpc) is 2.57. The summed E-state index contributed by atoms with van der Waals surface area (Å²) in [4.78, 5) is 0. The highest BCUT2D eigenvalue weighted by Crippen LogP contribution is 2.32. The topological polar surface area (TPSA) is 13.1 Å². The molecule has 0 radical (unpaired) electrons. The van der Waals surface area contributed by atoms with Crippen LogP contribution >= 0.6 is 15.9 Å². The second-order valence-corrected chi connectivity index (χ2v) is 4.61. The molecule has 74 valence electrons. The van der Waals surface area contributed by atoms with Crippen molar-refractivity contribution >= 4 is 37.9 Å². The fourth-order valence-corrected chi connectivity index (χ4v) is 2.34. The van der Waals surface area contributed by atoms with Gasteiger partial charge in [0.15, 0.2) is 0 Å². The molecule has 1 aromatic heterocycles. The molecule has 0 atom stereocenters. The molecule has 0 saturated heterocycles. The van der Waals surface area contributed by atoms with Gasteiger partial charge in [-0.05, 0) is 36.8 Å². The second kappa shape index (κ2) is 3.11. The summed E-state index contributed by atoms with van der Waals surface area (Å²) >= 11 is 3.49. The zero-order chi connectivity index (χ0) is 10.4. The molecular formula is C13H9BrO. The first kappa shape index (κ1) is 8.98. The zero-order valence-corrected chi connectivity index (χ0v) is 9.84. The third-order valence-electron chi connectivity index (χ3n) is 2.67. The van der Waals surface area contributed by atoms with Gasteiger partial charge in [-0.2, -0.15) is 0 Å². The van der Waals surface area contributed by atoms with Crippen LogP contribution in [0.15, 0.2) is 45.3 Å². The van der Waals surface area contributed by atoms with Crippen LogP contribution < -0.4 is 0 Å². The number of hydrogen-bond donors (Lipinski definition) is 0. The second-order valence-electron chi connectivity index (χ2n) is 3.69. The Labute approximate surface area is 95.8 Å². The van der Waals surface area contributed by atoms with Gasteiger partial charge in [0.2, 0.25) is 0 Å². The molecule has 0 unspecified atom stereocenters. The minimum absolute atomic E-state index is 0.947. The Kier molecular flexibility index (Phi) is 1.86. The third kappa shape index (κ3) is 1.29. The Bertz CT molecular complexity index is 652. The summed E-state index contributed by atoms with van der Waals surface area (Å²) in [6, 6.07) is 12.2. The van der Waals surface area contributed by atoms with E-state index >= 15 is 0 Å². The van der Waals surface area contributed by atoms with E-state index < -0.39 is 0 Å². The summed E-state index contributed by atoms with van der Waals surface area (Å²) in [7, 11) is 0. The maximum atomic E-state index is 5.77. The molecular weight excluding hydrogens is 252 g/mol. The summed E-state index contributed by atoms with van der Waals surface area (Å²) in [5, 5.41) is 2.39. The highest BCUT2D eigenvalue weighted by Gasteiger charge is 2.08. The van der Waals surface area contributed by atoms with Crippen molar-refractivity contribution in [1.82, 2.24) is 0 Å². The van der Waals surface area contributed by atoms with E-state index in [-0.39, 0.29) is 0 Å². The number of benzene rings is 2. The van der Waals surface area contributed by atoms with Crippen molar-refractivity contribution in [3.8, 4) is 0 Å². The summed E-state index contributed by atoms with van der Waals surface area (Å²) in [5.41, 5.74) is 3.16. The van der Waals surface area contributed by atoms with Crippen LogP contribution in [0.4, 0.5) is 0 Å². The molecule has 15 heavy (non-hydrogen) atoms. The quantitative estimate of drug-likeness (QED) is 0.573. The van der Waals surface area contributed by atoms with Crippen LogP contribution in [0.25, 0.3) is 21.9 Å². The van der Waals surface area contributed by atoms with Crippen molar-refractivity contribution in [2.45, 2.75) is 6.92 Å². The molecule has 2 aromatic carbocycles. The van der Waals surface area contributed by atoms with Crippen LogP contribution in [0.1, 0.15) is 5.56 Å². The van der Waals surface area contributed by atoms with Crippen molar-refractivity contribution in [2.24, 2.45) is 0 Å². The fraction of sp³-hybridized carbons (Fsp3) is 0.0769.